The van der Waals surface area contributed by atoms with E-state index in [2.05, 4.69) is 4.18 Å². The molecule has 0 radical (unpaired) electrons. The Morgan fingerprint density at radius 2 is 2.09 bits per heavy atom. The van der Waals surface area contributed by atoms with E-state index in [9.17, 15) is 13.5 Å². The molecule has 1 rings (SSSR count). The summed E-state index contributed by atoms with van der Waals surface area (Å²) in [5.41, 5.74) is -1.01. The molecule has 11 heavy (non-hydrogen) atoms. The van der Waals surface area contributed by atoms with Crippen LogP contribution in [-0.2, 0) is 14.3 Å². The quantitative estimate of drug-likeness (QED) is 0.615. The van der Waals surface area contributed by atoms with Crippen molar-refractivity contribution in [1.29, 1.82) is 0 Å². The second-order valence-electron chi connectivity index (χ2n) is 2.95. The summed E-state index contributed by atoms with van der Waals surface area (Å²) in [6, 6.07) is 0. The Hall–Kier alpha value is -0.130. The fourth-order valence-electron chi connectivity index (χ4n) is 1.12. The molecule has 4 nitrogen and oxygen atoms in total. The highest BCUT2D eigenvalue weighted by Gasteiger charge is 2.38. The van der Waals surface area contributed by atoms with Gasteiger partial charge in [0, 0.05) is 0 Å². The van der Waals surface area contributed by atoms with Gasteiger partial charge in [-0.3, -0.25) is 4.18 Å². The van der Waals surface area contributed by atoms with E-state index in [0.717, 1.165) is 13.5 Å². The van der Waals surface area contributed by atoms with Crippen LogP contribution in [0.15, 0.2) is 0 Å². The molecule has 1 aliphatic rings. The lowest BCUT2D eigenvalue weighted by Crippen LogP contribution is -2.43. The van der Waals surface area contributed by atoms with Crippen molar-refractivity contribution in [2.75, 3.05) is 12.9 Å². The minimum absolute atomic E-state index is 0.267. The SMILES string of the molecule is COS(=O)(=O)CC1(O)CCC1. The van der Waals surface area contributed by atoms with Crippen LogP contribution in [0.2, 0.25) is 0 Å². The summed E-state index contributed by atoms with van der Waals surface area (Å²) in [6.45, 7) is 0. The summed E-state index contributed by atoms with van der Waals surface area (Å²) >= 11 is 0. The van der Waals surface area contributed by atoms with Gasteiger partial charge in [0.15, 0.2) is 0 Å². The molecule has 66 valence electrons. The van der Waals surface area contributed by atoms with Crippen LogP contribution in [-0.4, -0.2) is 32.0 Å². The Labute approximate surface area is 66.3 Å². The third-order valence-corrected chi connectivity index (χ3v) is 3.38. The van der Waals surface area contributed by atoms with Gasteiger partial charge in [0.05, 0.1) is 12.7 Å². The highest BCUT2D eigenvalue weighted by atomic mass is 32.2. The molecular formula is C6H12O4S. The van der Waals surface area contributed by atoms with E-state index < -0.39 is 15.7 Å². The molecule has 0 unspecified atom stereocenters. The van der Waals surface area contributed by atoms with Crippen molar-refractivity contribution in [3.63, 3.8) is 0 Å². The minimum Gasteiger partial charge on any atom is -0.389 e. The molecule has 0 atom stereocenters. The first-order chi connectivity index (χ1) is 4.97. The van der Waals surface area contributed by atoms with E-state index in [0.29, 0.717) is 12.8 Å². The largest absolute Gasteiger partial charge is 0.389 e. The lowest BCUT2D eigenvalue weighted by Gasteiger charge is -2.35. The van der Waals surface area contributed by atoms with Gasteiger partial charge < -0.3 is 5.11 Å². The number of rotatable bonds is 3. The van der Waals surface area contributed by atoms with Crippen molar-refractivity contribution in [2.45, 2.75) is 24.9 Å². The Morgan fingerprint density at radius 3 is 2.36 bits per heavy atom. The highest BCUT2D eigenvalue weighted by molar-refractivity contribution is 7.86. The Morgan fingerprint density at radius 1 is 1.55 bits per heavy atom. The molecular weight excluding hydrogens is 168 g/mol. The molecule has 0 heterocycles. The molecule has 1 fully saturated rings. The summed E-state index contributed by atoms with van der Waals surface area (Å²) in [5, 5.41) is 9.42. The average molecular weight is 180 g/mol. The zero-order valence-corrected chi connectivity index (χ0v) is 7.23. The summed E-state index contributed by atoms with van der Waals surface area (Å²) in [4.78, 5) is 0. The topological polar surface area (TPSA) is 63.6 Å². The summed E-state index contributed by atoms with van der Waals surface area (Å²) < 4.78 is 25.9. The minimum atomic E-state index is -3.49. The van der Waals surface area contributed by atoms with Crippen LogP contribution in [0.1, 0.15) is 19.3 Å². The lowest BCUT2D eigenvalue weighted by molar-refractivity contribution is -0.0128. The first-order valence-electron chi connectivity index (χ1n) is 3.48. The number of hydrogen-bond donors (Lipinski definition) is 1. The standard InChI is InChI=1S/C6H12O4S/c1-10-11(8,9)5-6(7)3-2-4-6/h7H,2-5H2,1H3. The Bertz CT molecular complexity index is 227. The molecule has 1 N–H and O–H groups in total. The molecule has 0 saturated heterocycles. The predicted octanol–water partition coefficient (Wildman–Crippen LogP) is -0.122. The normalized spacial score (nSPS) is 22.7. The van der Waals surface area contributed by atoms with Crippen molar-refractivity contribution in [1.82, 2.24) is 0 Å². The first-order valence-corrected chi connectivity index (χ1v) is 5.06. The molecule has 0 aromatic rings. The van der Waals surface area contributed by atoms with Crippen molar-refractivity contribution >= 4 is 10.1 Å². The van der Waals surface area contributed by atoms with Gasteiger partial charge in [-0.25, -0.2) is 0 Å². The summed E-state index contributed by atoms with van der Waals surface area (Å²) in [5.74, 6) is -0.267. The van der Waals surface area contributed by atoms with Crippen LogP contribution in [0.3, 0.4) is 0 Å². The van der Waals surface area contributed by atoms with Gasteiger partial charge in [-0.1, -0.05) is 0 Å². The van der Waals surface area contributed by atoms with Crippen molar-refractivity contribution in [2.24, 2.45) is 0 Å². The van der Waals surface area contributed by atoms with Crippen molar-refractivity contribution in [3.8, 4) is 0 Å². The van der Waals surface area contributed by atoms with Crippen molar-refractivity contribution in [3.05, 3.63) is 0 Å². The predicted molar refractivity (Wildman–Crippen MR) is 39.6 cm³/mol. The molecule has 1 saturated carbocycles. The van der Waals surface area contributed by atoms with Gasteiger partial charge in [0.25, 0.3) is 10.1 Å². The van der Waals surface area contributed by atoms with Crippen LogP contribution in [0, 0.1) is 0 Å². The highest BCUT2D eigenvalue weighted by Crippen LogP contribution is 2.32. The Kier molecular flexibility index (Phi) is 2.22. The zero-order chi connectivity index (χ0) is 8.54. The van der Waals surface area contributed by atoms with Gasteiger partial charge >= 0.3 is 0 Å². The fourth-order valence-corrected chi connectivity index (χ4v) is 2.18. The second-order valence-corrected chi connectivity index (χ2v) is 4.68. The monoisotopic (exact) mass is 180 g/mol. The van der Waals surface area contributed by atoms with E-state index >= 15 is 0 Å². The third-order valence-electron chi connectivity index (χ3n) is 1.98. The van der Waals surface area contributed by atoms with Gasteiger partial charge in [-0.15, -0.1) is 0 Å². The van der Waals surface area contributed by atoms with E-state index in [1.54, 1.807) is 0 Å². The molecule has 0 aromatic heterocycles. The van der Waals surface area contributed by atoms with Gasteiger partial charge in [-0.2, -0.15) is 8.42 Å². The fraction of sp³-hybridized carbons (Fsp3) is 1.00. The van der Waals surface area contributed by atoms with Crippen LogP contribution in [0.5, 0.6) is 0 Å². The van der Waals surface area contributed by atoms with E-state index in [1.165, 1.54) is 0 Å². The maximum Gasteiger partial charge on any atom is 0.269 e. The lowest BCUT2D eigenvalue weighted by atomic mass is 9.82. The van der Waals surface area contributed by atoms with Crippen LogP contribution >= 0.6 is 0 Å². The number of hydrogen-bond acceptors (Lipinski definition) is 4. The molecule has 0 aromatic carbocycles. The smallest absolute Gasteiger partial charge is 0.269 e. The molecule has 5 heteroatoms. The third kappa shape index (κ3) is 2.15. The van der Waals surface area contributed by atoms with Gasteiger partial charge in [0.2, 0.25) is 0 Å². The van der Waals surface area contributed by atoms with Crippen LogP contribution in [0.25, 0.3) is 0 Å². The maximum absolute atomic E-state index is 10.8. The van der Waals surface area contributed by atoms with Crippen LogP contribution in [0.4, 0.5) is 0 Å². The van der Waals surface area contributed by atoms with E-state index in [-0.39, 0.29) is 5.75 Å². The Balaban J connectivity index is 2.54. The molecule has 0 amide bonds. The van der Waals surface area contributed by atoms with Gasteiger partial charge in [0.1, 0.15) is 5.75 Å². The van der Waals surface area contributed by atoms with Crippen LogP contribution < -0.4 is 0 Å². The van der Waals surface area contributed by atoms with E-state index in [4.69, 9.17) is 0 Å². The molecule has 1 aliphatic carbocycles. The maximum atomic E-state index is 10.8. The zero-order valence-electron chi connectivity index (χ0n) is 6.41. The van der Waals surface area contributed by atoms with Crippen molar-refractivity contribution < 1.29 is 17.7 Å². The first kappa shape index (κ1) is 8.96. The summed E-state index contributed by atoms with van der Waals surface area (Å²) in [7, 11) is -2.38. The van der Waals surface area contributed by atoms with E-state index in [1.807, 2.05) is 0 Å². The second kappa shape index (κ2) is 2.73. The average Bonchev–Trinajstić information content (AvgIpc) is 1.84. The molecule has 0 aliphatic heterocycles. The number of aliphatic hydroxyl groups is 1. The molecule has 0 bridgehead atoms. The van der Waals surface area contributed by atoms with Gasteiger partial charge in [-0.05, 0) is 19.3 Å². The molecule has 0 spiro atoms. The summed E-state index contributed by atoms with van der Waals surface area (Å²) in [6.07, 6.45) is 2.03.